The molecular weight excluding hydrogens is 386 g/mol. The lowest BCUT2D eigenvalue weighted by Gasteiger charge is -2.19. The molecule has 0 saturated heterocycles. The van der Waals surface area contributed by atoms with Crippen LogP contribution in [-0.4, -0.2) is 41.7 Å². The summed E-state index contributed by atoms with van der Waals surface area (Å²) in [5.41, 5.74) is -0.856. The molecule has 0 atom stereocenters. The number of nitrogens with one attached hydrogen (secondary N) is 1. The van der Waals surface area contributed by atoms with Crippen LogP contribution in [0.5, 0.6) is 0 Å². The third-order valence-electron chi connectivity index (χ3n) is 2.28. The Morgan fingerprint density at radius 3 is 2.48 bits per heavy atom. The van der Waals surface area contributed by atoms with Crippen molar-refractivity contribution in [2.75, 3.05) is 13.2 Å². The zero-order chi connectivity index (χ0) is 19.3. The summed E-state index contributed by atoms with van der Waals surface area (Å²) in [4.78, 5) is 19.9. The molecule has 0 aliphatic heterocycles. The second kappa shape index (κ2) is 8.57. The van der Waals surface area contributed by atoms with Crippen LogP contribution >= 0.6 is 23.2 Å². The SMILES string of the molecule is CC(C)(C)OC(=O)NCC(=NOCC(F)(F)F)c1ncc(Cl)cc1Cl. The first-order valence-corrected chi connectivity index (χ1v) is 7.67. The first kappa shape index (κ1) is 21.3. The van der Waals surface area contributed by atoms with Crippen molar-refractivity contribution >= 4 is 35.0 Å². The number of carbonyl (C=O) groups is 1. The van der Waals surface area contributed by atoms with Gasteiger partial charge in [0.25, 0.3) is 0 Å². The highest BCUT2D eigenvalue weighted by molar-refractivity contribution is 6.36. The number of halogens is 5. The highest BCUT2D eigenvalue weighted by atomic mass is 35.5. The average Bonchev–Trinajstić information content (AvgIpc) is 2.40. The molecule has 1 N–H and O–H groups in total. The minimum Gasteiger partial charge on any atom is -0.444 e. The van der Waals surface area contributed by atoms with Crippen molar-refractivity contribution in [1.29, 1.82) is 0 Å². The lowest BCUT2D eigenvalue weighted by molar-refractivity contribution is -0.173. The number of hydrogen-bond acceptors (Lipinski definition) is 5. The molecule has 1 amide bonds. The standard InChI is InChI=1S/C14H16Cl2F3N3O3/c1-13(2,3)25-12(23)21-6-10(22-24-7-14(17,18)19)11-9(16)4-8(15)5-20-11/h4-5H,6-7H2,1-3H3,(H,21,23). The van der Waals surface area contributed by atoms with Crippen LogP contribution in [0.3, 0.4) is 0 Å². The van der Waals surface area contributed by atoms with Crippen LogP contribution < -0.4 is 5.32 Å². The Bertz CT molecular complexity index is 646. The number of aromatic nitrogens is 1. The van der Waals surface area contributed by atoms with Crippen molar-refractivity contribution < 1.29 is 27.5 Å². The van der Waals surface area contributed by atoms with Gasteiger partial charge in [-0.2, -0.15) is 13.2 Å². The van der Waals surface area contributed by atoms with Gasteiger partial charge in [0.05, 0.1) is 16.6 Å². The Morgan fingerprint density at radius 2 is 1.96 bits per heavy atom. The molecule has 0 aromatic carbocycles. The van der Waals surface area contributed by atoms with Gasteiger partial charge in [-0.05, 0) is 26.8 Å². The largest absolute Gasteiger partial charge is 0.444 e. The zero-order valence-corrected chi connectivity index (χ0v) is 15.1. The van der Waals surface area contributed by atoms with E-state index in [0.717, 1.165) is 0 Å². The minimum absolute atomic E-state index is 0.0179. The van der Waals surface area contributed by atoms with Crippen molar-refractivity contribution in [2.45, 2.75) is 32.5 Å². The number of nitrogens with zero attached hydrogens (tertiary/aromatic N) is 2. The topological polar surface area (TPSA) is 72.8 Å². The van der Waals surface area contributed by atoms with Gasteiger partial charge in [0.15, 0.2) is 0 Å². The van der Waals surface area contributed by atoms with Gasteiger partial charge in [0, 0.05) is 6.20 Å². The van der Waals surface area contributed by atoms with Crippen LogP contribution in [0.15, 0.2) is 17.4 Å². The maximum absolute atomic E-state index is 12.2. The quantitative estimate of drug-likeness (QED) is 0.592. The Hall–Kier alpha value is -1.74. The molecule has 11 heteroatoms. The van der Waals surface area contributed by atoms with E-state index in [2.05, 4.69) is 20.3 Å². The molecule has 1 aromatic heterocycles. The van der Waals surface area contributed by atoms with E-state index in [1.807, 2.05) is 0 Å². The van der Waals surface area contributed by atoms with Crippen molar-refractivity contribution in [3.63, 3.8) is 0 Å². The molecule has 0 spiro atoms. The van der Waals surface area contributed by atoms with E-state index in [1.54, 1.807) is 20.8 Å². The molecule has 0 unspecified atom stereocenters. The molecule has 25 heavy (non-hydrogen) atoms. The number of oxime groups is 1. The Kier molecular flexibility index (Phi) is 7.30. The van der Waals surface area contributed by atoms with E-state index < -0.39 is 24.5 Å². The van der Waals surface area contributed by atoms with Crippen LogP contribution in [0.4, 0.5) is 18.0 Å². The van der Waals surface area contributed by atoms with E-state index in [-0.39, 0.29) is 28.0 Å². The Balaban J connectivity index is 2.92. The normalized spacial score (nSPS) is 12.7. The lowest BCUT2D eigenvalue weighted by atomic mass is 10.2. The van der Waals surface area contributed by atoms with Crippen molar-refractivity contribution in [3.8, 4) is 0 Å². The van der Waals surface area contributed by atoms with E-state index in [4.69, 9.17) is 27.9 Å². The molecule has 1 rings (SSSR count). The fourth-order valence-corrected chi connectivity index (χ4v) is 1.93. The van der Waals surface area contributed by atoms with Gasteiger partial charge in [-0.15, -0.1) is 0 Å². The molecule has 1 aromatic rings. The van der Waals surface area contributed by atoms with Gasteiger partial charge in [0.1, 0.15) is 17.0 Å². The third-order valence-corrected chi connectivity index (χ3v) is 2.78. The van der Waals surface area contributed by atoms with Gasteiger partial charge in [-0.3, -0.25) is 4.98 Å². The lowest BCUT2D eigenvalue weighted by Crippen LogP contribution is -2.36. The van der Waals surface area contributed by atoms with E-state index in [9.17, 15) is 18.0 Å². The number of ether oxygens (including phenoxy) is 1. The summed E-state index contributed by atoms with van der Waals surface area (Å²) in [6.07, 6.45) is -4.12. The summed E-state index contributed by atoms with van der Waals surface area (Å²) in [5.74, 6) is 0. The molecule has 6 nitrogen and oxygen atoms in total. The highest BCUT2D eigenvalue weighted by Crippen LogP contribution is 2.20. The molecule has 0 radical (unpaired) electrons. The molecule has 0 fully saturated rings. The van der Waals surface area contributed by atoms with Crippen molar-refractivity contribution in [1.82, 2.24) is 10.3 Å². The summed E-state index contributed by atoms with van der Waals surface area (Å²) in [7, 11) is 0. The van der Waals surface area contributed by atoms with E-state index in [1.165, 1.54) is 12.3 Å². The second-order valence-electron chi connectivity index (χ2n) is 5.77. The summed E-state index contributed by atoms with van der Waals surface area (Å²) in [6.45, 7) is 3.05. The van der Waals surface area contributed by atoms with Crippen LogP contribution in [0.1, 0.15) is 26.5 Å². The average molecular weight is 402 g/mol. The Labute approximate surface area is 152 Å². The second-order valence-corrected chi connectivity index (χ2v) is 6.61. The third kappa shape index (κ3) is 8.78. The van der Waals surface area contributed by atoms with E-state index in [0.29, 0.717) is 0 Å². The number of alkyl carbamates (subject to hydrolysis) is 1. The molecule has 0 saturated carbocycles. The van der Waals surface area contributed by atoms with Gasteiger partial charge >= 0.3 is 12.3 Å². The highest BCUT2D eigenvalue weighted by Gasteiger charge is 2.29. The summed E-state index contributed by atoms with van der Waals surface area (Å²) < 4.78 is 41.6. The Morgan fingerprint density at radius 1 is 1.32 bits per heavy atom. The van der Waals surface area contributed by atoms with Crippen LogP contribution in [-0.2, 0) is 9.57 Å². The molecular formula is C14H16Cl2F3N3O3. The molecule has 1 heterocycles. The van der Waals surface area contributed by atoms with Crippen molar-refractivity contribution in [3.05, 3.63) is 28.0 Å². The van der Waals surface area contributed by atoms with Gasteiger partial charge < -0.3 is 14.9 Å². The van der Waals surface area contributed by atoms with Crippen LogP contribution in [0, 0.1) is 0 Å². The van der Waals surface area contributed by atoms with Crippen LogP contribution in [0.25, 0.3) is 0 Å². The monoisotopic (exact) mass is 401 g/mol. The predicted molar refractivity (Wildman–Crippen MR) is 87.0 cm³/mol. The smallest absolute Gasteiger partial charge is 0.425 e. The number of hydrogen-bond donors (Lipinski definition) is 1. The maximum atomic E-state index is 12.2. The van der Waals surface area contributed by atoms with Crippen LogP contribution in [0.2, 0.25) is 10.0 Å². The minimum atomic E-state index is -4.57. The van der Waals surface area contributed by atoms with Gasteiger partial charge in [-0.1, -0.05) is 28.4 Å². The first-order chi connectivity index (χ1) is 11.4. The molecule has 0 bridgehead atoms. The predicted octanol–water partition coefficient (Wildman–Crippen LogP) is 4.20. The van der Waals surface area contributed by atoms with Gasteiger partial charge in [-0.25, -0.2) is 4.79 Å². The molecule has 0 aliphatic carbocycles. The zero-order valence-electron chi connectivity index (χ0n) is 13.6. The van der Waals surface area contributed by atoms with Gasteiger partial charge in [0.2, 0.25) is 6.61 Å². The fourth-order valence-electron chi connectivity index (χ4n) is 1.44. The number of alkyl halides is 3. The number of rotatable bonds is 5. The number of carbonyl (C=O) groups excluding carboxylic acids is 1. The summed E-state index contributed by atoms with van der Waals surface area (Å²) in [6, 6.07) is 1.33. The van der Waals surface area contributed by atoms with E-state index >= 15 is 0 Å². The summed E-state index contributed by atoms with van der Waals surface area (Å²) in [5, 5.41) is 5.98. The fraction of sp³-hybridized carbons (Fsp3) is 0.500. The molecule has 140 valence electrons. The summed E-state index contributed by atoms with van der Waals surface area (Å²) >= 11 is 11.7. The number of pyridine rings is 1. The maximum Gasteiger partial charge on any atom is 0.425 e. The first-order valence-electron chi connectivity index (χ1n) is 6.91. The number of amides is 1. The molecule has 0 aliphatic rings. The van der Waals surface area contributed by atoms with Crippen molar-refractivity contribution in [2.24, 2.45) is 5.16 Å².